The Kier molecular flexibility index (Phi) is 6.65. The zero-order valence-corrected chi connectivity index (χ0v) is 17.6. The van der Waals surface area contributed by atoms with Crippen LogP contribution in [0.2, 0.25) is 10.0 Å². The molecule has 8 heteroatoms. The number of hydrogen-bond donors (Lipinski definition) is 1. The Bertz CT molecular complexity index is 981. The predicted octanol–water partition coefficient (Wildman–Crippen LogP) is 5.85. The van der Waals surface area contributed by atoms with Gasteiger partial charge in [-0.1, -0.05) is 42.6 Å². The maximum atomic E-state index is 12.6. The number of methoxy groups -OCH3 is 1. The highest BCUT2D eigenvalue weighted by Crippen LogP contribution is 2.39. The molecule has 0 aliphatic heterocycles. The molecular weight excluding hydrogens is 401 g/mol. The number of nitrogens with one attached hydrogen (secondary N) is 1. The molecule has 0 spiro atoms. The van der Waals surface area contributed by atoms with E-state index in [2.05, 4.69) is 17.0 Å². The topological polar surface area (TPSA) is 69.1 Å². The van der Waals surface area contributed by atoms with E-state index >= 15 is 0 Å². The third kappa shape index (κ3) is 3.90. The van der Waals surface area contributed by atoms with Gasteiger partial charge in [-0.05, 0) is 25.8 Å². The number of carbonyl (C=O) groups is 1. The molecule has 3 rings (SSSR count). The summed E-state index contributed by atoms with van der Waals surface area (Å²) in [6.45, 7) is 4.16. The van der Waals surface area contributed by atoms with Gasteiger partial charge in [0.2, 0.25) is 0 Å². The Labute approximate surface area is 173 Å². The Morgan fingerprint density at radius 1 is 1.32 bits per heavy atom. The highest BCUT2D eigenvalue weighted by molar-refractivity contribution is 6.45. The Hall–Kier alpha value is -2.02. The monoisotopic (exact) mass is 423 g/mol. The number of carbonyl (C=O) groups excluding carboxylic acids is 1. The maximum absolute atomic E-state index is 12.6. The molecule has 150 valence electrons. The van der Waals surface area contributed by atoms with Crippen molar-refractivity contribution in [1.29, 1.82) is 0 Å². The van der Waals surface area contributed by atoms with Crippen molar-refractivity contribution in [3.05, 3.63) is 40.3 Å². The number of rotatable bonds is 8. The number of nitrogens with zero attached hydrogens (tertiary/aromatic N) is 2. The fourth-order valence-corrected chi connectivity index (χ4v) is 3.59. The molecule has 2 heterocycles. The number of esters is 1. The lowest BCUT2D eigenvalue weighted by Gasteiger charge is -2.15. The van der Waals surface area contributed by atoms with Crippen LogP contribution in [0.25, 0.3) is 22.0 Å². The van der Waals surface area contributed by atoms with E-state index in [1.165, 1.54) is 0 Å². The van der Waals surface area contributed by atoms with Gasteiger partial charge in [0.15, 0.2) is 0 Å². The van der Waals surface area contributed by atoms with Gasteiger partial charge in [-0.25, -0.2) is 9.48 Å². The van der Waals surface area contributed by atoms with Crippen LogP contribution >= 0.6 is 23.2 Å². The first-order valence-electron chi connectivity index (χ1n) is 9.25. The van der Waals surface area contributed by atoms with Gasteiger partial charge in [0, 0.05) is 29.8 Å². The van der Waals surface area contributed by atoms with Crippen LogP contribution in [-0.2, 0) is 9.47 Å². The number of H-pyrrole nitrogens is 1. The summed E-state index contributed by atoms with van der Waals surface area (Å²) in [6.07, 6.45) is 6.38. The van der Waals surface area contributed by atoms with Crippen LogP contribution in [-0.4, -0.2) is 34.5 Å². The smallest absolute Gasteiger partial charge is 0.355 e. The van der Waals surface area contributed by atoms with Crippen molar-refractivity contribution in [2.24, 2.45) is 0 Å². The summed E-state index contributed by atoms with van der Waals surface area (Å²) < 4.78 is 12.6. The molecule has 0 aliphatic rings. The standard InChI is InChI=1S/C20H23Cl2N3O3/c1-4-6-7-15(27-3)25-11-12(10-23-25)16-13-8-9-14(21)17(22)18(13)24-19(16)20(26)28-5-2/h8-11,15,24H,4-7H2,1-3H3. The fourth-order valence-electron chi connectivity index (χ4n) is 3.22. The maximum Gasteiger partial charge on any atom is 0.355 e. The zero-order valence-electron chi connectivity index (χ0n) is 16.1. The first-order valence-corrected chi connectivity index (χ1v) is 10.0. The number of aromatic amines is 1. The van der Waals surface area contributed by atoms with E-state index in [4.69, 9.17) is 32.7 Å². The average Bonchev–Trinajstić information content (AvgIpc) is 3.30. The summed E-state index contributed by atoms with van der Waals surface area (Å²) in [7, 11) is 1.67. The van der Waals surface area contributed by atoms with Gasteiger partial charge in [-0.3, -0.25) is 0 Å². The van der Waals surface area contributed by atoms with Crippen LogP contribution in [0.5, 0.6) is 0 Å². The average molecular weight is 424 g/mol. The Morgan fingerprint density at radius 3 is 2.79 bits per heavy atom. The number of benzene rings is 1. The third-order valence-electron chi connectivity index (χ3n) is 4.61. The number of ether oxygens (including phenoxy) is 2. The molecule has 1 aromatic carbocycles. The lowest BCUT2D eigenvalue weighted by Crippen LogP contribution is -2.11. The highest BCUT2D eigenvalue weighted by Gasteiger charge is 2.24. The first-order chi connectivity index (χ1) is 13.5. The van der Waals surface area contributed by atoms with Crippen LogP contribution in [0.3, 0.4) is 0 Å². The third-order valence-corrected chi connectivity index (χ3v) is 5.41. The molecule has 1 unspecified atom stereocenters. The van der Waals surface area contributed by atoms with E-state index in [0.29, 0.717) is 26.8 Å². The van der Waals surface area contributed by atoms with Gasteiger partial charge in [0.25, 0.3) is 0 Å². The van der Waals surface area contributed by atoms with Gasteiger partial charge in [0.05, 0.1) is 28.4 Å². The van der Waals surface area contributed by atoms with Crippen LogP contribution in [0, 0.1) is 0 Å². The Morgan fingerprint density at radius 2 is 2.11 bits per heavy atom. The van der Waals surface area contributed by atoms with Crippen molar-refractivity contribution < 1.29 is 14.3 Å². The van der Waals surface area contributed by atoms with E-state index in [-0.39, 0.29) is 12.8 Å². The molecule has 28 heavy (non-hydrogen) atoms. The molecule has 0 fully saturated rings. The van der Waals surface area contributed by atoms with E-state index in [1.807, 2.05) is 12.3 Å². The first kappa shape index (κ1) is 20.7. The van der Waals surface area contributed by atoms with Gasteiger partial charge in [-0.2, -0.15) is 5.10 Å². The molecular formula is C20H23Cl2N3O3. The highest BCUT2D eigenvalue weighted by atomic mass is 35.5. The predicted molar refractivity (Wildman–Crippen MR) is 111 cm³/mol. The number of aromatic nitrogens is 3. The summed E-state index contributed by atoms with van der Waals surface area (Å²) in [4.78, 5) is 15.6. The summed E-state index contributed by atoms with van der Waals surface area (Å²) in [5, 5.41) is 6.00. The summed E-state index contributed by atoms with van der Waals surface area (Å²) in [5.41, 5.74) is 2.37. The van der Waals surface area contributed by atoms with Crippen LogP contribution in [0.15, 0.2) is 24.5 Å². The molecule has 1 N–H and O–H groups in total. The van der Waals surface area contributed by atoms with Gasteiger partial charge in [-0.15, -0.1) is 0 Å². The number of halogens is 2. The molecule has 3 aromatic rings. The zero-order chi connectivity index (χ0) is 20.3. The van der Waals surface area contributed by atoms with Crippen molar-refractivity contribution in [2.45, 2.75) is 39.3 Å². The SMILES string of the molecule is CCCCC(OC)n1cc(-c2c(C(=O)OCC)[nH]c3c(Cl)c(Cl)ccc23)cn1. The quantitative estimate of drug-likeness (QED) is 0.461. The van der Waals surface area contributed by atoms with E-state index in [9.17, 15) is 4.79 Å². The fraction of sp³-hybridized carbons (Fsp3) is 0.400. The molecule has 1 atom stereocenters. The number of unbranched alkanes of at least 4 members (excludes halogenated alkanes) is 1. The minimum atomic E-state index is -0.456. The second kappa shape index (κ2) is 8.99. The van der Waals surface area contributed by atoms with Gasteiger partial charge < -0.3 is 14.5 Å². The van der Waals surface area contributed by atoms with Crippen LogP contribution < -0.4 is 0 Å². The second-order valence-corrected chi connectivity index (χ2v) is 7.21. The molecule has 6 nitrogen and oxygen atoms in total. The minimum Gasteiger partial charge on any atom is -0.461 e. The largest absolute Gasteiger partial charge is 0.461 e. The van der Waals surface area contributed by atoms with Crippen molar-refractivity contribution in [3.8, 4) is 11.1 Å². The van der Waals surface area contributed by atoms with Crippen molar-refractivity contribution in [2.75, 3.05) is 13.7 Å². The van der Waals surface area contributed by atoms with Crippen molar-refractivity contribution in [1.82, 2.24) is 14.8 Å². The lowest BCUT2D eigenvalue weighted by atomic mass is 10.1. The second-order valence-electron chi connectivity index (χ2n) is 6.42. The summed E-state index contributed by atoms with van der Waals surface area (Å²) >= 11 is 12.5. The summed E-state index contributed by atoms with van der Waals surface area (Å²) in [5.74, 6) is -0.456. The molecule has 0 saturated heterocycles. The Balaban J connectivity index is 2.12. The van der Waals surface area contributed by atoms with Crippen LogP contribution in [0.1, 0.15) is 49.8 Å². The number of fused-ring (bicyclic) bond motifs is 1. The van der Waals surface area contributed by atoms with Crippen molar-refractivity contribution in [3.63, 3.8) is 0 Å². The van der Waals surface area contributed by atoms with E-state index in [0.717, 1.165) is 30.2 Å². The van der Waals surface area contributed by atoms with E-state index in [1.54, 1.807) is 31.0 Å². The normalized spacial score (nSPS) is 12.5. The molecule has 0 radical (unpaired) electrons. The van der Waals surface area contributed by atoms with Crippen LogP contribution in [0.4, 0.5) is 0 Å². The minimum absolute atomic E-state index is 0.164. The van der Waals surface area contributed by atoms with Gasteiger partial charge in [0.1, 0.15) is 11.9 Å². The number of hydrogen-bond acceptors (Lipinski definition) is 4. The molecule has 0 aliphatic carbocycles. The van der Waals surface area contributed by atoms with Crippen molar-refractivity contribution >= 4 is 40.1 Å². The lowest BCUT2D eigenvalue weighted by molar-refractivity contribution is 0.0252. The summed E-state index contributed by atoms with van der Waals surface area (Å²) in [6, 6.07) is 3.54. The van der Waals surface area contributed by atoms with E-state index < -0.39 is 5.97 Å². The van der Waals surface area contributed by atoms with Gasteiger partial charge >= 0.3 is 5.97 Å². The molecule has 0 saturated carbocycles. The molecule has 0 bridgehead atoms. The molecule has 0 amide bonds. The molecule has 2 aromatic heterocycles.